The standard InChI is InChI=1S/C12H16BrN3O.2ClH/c1-8-2-9(4-14)7-16(8)12(17)10-3-11(13)6-15-5-10;;/h3,5-6,8-9H,2,4,7,14H2,1H3;2*1H. The predicted molar refractivity (Wildman–Crippen MR) is 84.1 cm³/mol. The molecule has 108 valence electrons. The Bertz CT molecular complexity index is 433. The molecule has 1 amide bonds. The third kappa shape index (κ3) is 4.31. The molecule has 1 aromatic rings. The highest BCUT2D eigenvalue weighted by atomic mass is 79.9. The average Bonchev–Trinajstić information content (AvgIpc) is 2.69. The molecule has 19 heavy (non-hydrogen) atoms. The van der Waals surface area contributed by atoms with Gasteiger partial charge in [0.2, 0.25) is 0 Å². The third-order valence-corrected chi connectivity index (χ3v) is 3.64. The Hall–Kier alpha value is -0.360. The van der Waals surface area contributed by atoms with Gasteiger partial charge in [-0.25, -0.2) is 0 Å². The number of halogens is 3. The Labute approximate surface area is 134 Å². The van der Waals surface area contributed by atoms with E-state index in [1.807, 2.05) is 4.90 Å². The number of hydrogen-bond donors (Lipinski definition) is 1. The lowest BCUT2D eigenvalue weighted by molar-refractivity contribution is 0.0743. The number of pyridine rings is 1. The topological polar surface area (TPSA) is 59.2 Å². The monoisotopic (exact) mass is 369 g/mol. The molecule has 4 nitrogen and oxygen atoms in total. The van der Waals surface area contributed by atoms with Crippen LogP contribution in [0.4, 0.5) is 0 Å². The Kier molecular flexibility index (Phi) is 7.89. The van der Waals surface area contributed by atoms with Gasteiger partial charge in [-0.05, 0) is 47.8 Å². The molecular formula is C12H18BrCl2N3O. The largest absolute Gasteiger partial charge is 0.336 e. The summed E-state index contributed by atoms with van der Waals surface area (Å²) in [6.45, 7) is 3.47. The average molecular weight is 371 g/mol. The van der Waals surface area contributed by atoms with E-state index in [9.17, 15) is 4.79 Å². The number of carbonyl (C=O) groups is 1. The van der Waals surface area contributed by atoms with Crippen molar-refractivity contribution in [1.82, 2.24) is 9.88 Å². The van der Waals surface area contributed by atoms with Gasteiger partial charge in [0, 0.05) is 29.5 Å². The number of carbonyl (C=O) groups excluding carboxylic acids is 1. The molecule has 1 aliphatic heterocycles. The lowest BCUT2D eigenvalue weighted by atomic mass is 10.1. The van der Waals surface area contributed by atoms with Crippen molar-refractivity contribution in [3.05, 3.63) is 28.5 Å². The quantitative estimate of drug-likeness (QED) is 0.869. The van der Waals surface area contributed by atoms with E-state index in [-0.39, 0.29) is 36.8 Å². The second-order valence-corrected chi connectivity index (χ2v) is 5.45. The van der Waals surface area contributed by atoms with Crippen LogP contribution in [0, 0.1) is 5.92 Å². The van der Waals surface area contributed by atoms with E-state index in [2.05, 4.69) is 27.8 Å². The maximum atomic E-state index is 12.3. The molecule has 1 saturated heterocycles. The van der Waals surface area contributed by atoms with Crippen LogP contribution in [0.25, 0.3) is 0 Å². The lowest BCUT2D eigenvalue weighted by Crippen LogP contribution is -2.34. The highest BCUT2D eigenvalue weighted by molar-refractivity contribution is 9.10. The Morgan fingerprint density at radius 1 is 1.53 bits per heavy atom. The summed E-state index contributed by atoms with van der Waals surface area (Å²) in [5, 5.41) is 0. The molecule has 1 fully saturated rings. The van der Waals surface area contributed by atoms with E-state index in [4.69, 9.17) is 5.73 Å². The van der Waals surface area contributed by atoms with Gasteiger partial charge >= 0.3 is 0 Å². The van der Waals surface area contributed by atoms with Gasteiger partial charge in [0.15, 0.2) is 0 Å². The van der Waals surface area contributed by atoms with Crippen molar-refractivity contribution in [3.8, 4) is 0 Å². The van der Waals surface area contributed by atoms with Crippen molar-refractivity contribution >= 4 is 46.7 Å². The summed E-state index contributed by atoms with van der Waals surface area (Å²) in [5.41, 5.74) is 6.29. The number of likely N-dealkylation sites (tertiary alicyclic amines) is 1. The first kappa shape index (κ1) is 18.6. The van der Waals surface area contributed by atoms with Crippen LogP contribution in [0.3, 0.4) is 0 Å². The summed E-state index contributed by atoms with van der Waals surface area (Å²) in [6.07, 6.45) is 4.27. The summed E-state index contributed by atoms with van der Waals surface area (Å²) in [4.78, 5) is 18.2. The number of hydrogen-bond acceptors (Lipinski definition) is 3. The molecule has 1 aromatic heterocycles. The fourth-order valence-corrected chi connectivity index (χ4v) is 2.66. The molecule has 2 atom stereocenters. The minimum atomic E-state index is 0. The second kappa shape index (κ2) is 8.04. The van der Waals surface area contributed by atoms with Gasteiger partial charge in [0.1, 0.15) is 0 Å². The van der Waals surface area contributed by atoms with Crippen molar-refractivity contribution in [2.75, 3.05) is 13.1 Å². The third-order valence-electron chi connectivity index (χ3n) is 3.21. The van der Waals surface area contributed by atoms with E-state index in [0.29, 0.717) is 18.0 Å². The van der Waals surface area contributed by atoms with E-state index in [1.54, 1.807) is 18.5 Å². The van der Waals surface area contributed by atoms with Gasteiger partial charge in [0.05, 0.1) is 5.56 Å². The Balaban J connectivity index is 0.00000162. The summed E-state index contributed by atoms with van der Waals surface area (Å²) in [5.74, 6) is 0.469. The molecule has 0 aliphatic carbocycles. The van der Waals surface area contributed by atoms with E-state index in [1.165, 1.54) is 0 Å². The summed E-state index contributed by atoms with van der Waals surface area (Å²) >= 11 is 3.33. The van der Waals surface area contributed by atoms with Crippen LogP contribution in [0.2, 0.25) is 0 Å². The van der Waals surface area contributed by atoms with Gasteiger partial charge in [-0.1, -0.05) is 0 Å². The molecule has 0 bridgehead atoms. The van der Waals surface area contributed by atoms with Crippen molar-refractivity contribution in [2.24, 2.45) is 11.7 Å². The molecule has 2 N–H and O–H groups in total. The first-order chi connectivity index (χ1) is 8.11. The van der Waals surface area contributed by atoms with Gasteiger partial charge in [-0.3, -0.25) is 9.78 Å². The van der Waals surface area contributed by atoms with Crippen molar-refractivity contribution in [2.45, 2.75) is 19.4 Å². The van der Waals surface area contributed by atoms with Crippen LogP contribution in [0.15, 0.2) is 22.9 Å². The van der Waals surface area contributed by atoms with Crippen LogP contribution in [-0.4, -0.2) is 34.9 Å². The first-order valence-electron chi connectivity index (χ1n) is 5.73. The van der Waals surface area contributed by atoms with E-state index in [0.717, 1.165) is 17.4 Å². The number of amides is 1. The molecule has 1 aliphatic rings. The van der Waals surface area contributed by atoms with Crippen molar-refractivity contribution in [3.63, 3.8) is 0 Å². The molecule has 2 rings (SSSR count). The highest BCUT2D eigenvalue weighted by Gasteiger charge is 2.32. The molecule has 0 saturated carbocycles. The number of nitrogens with zero attached hydrogens (tertiary/aromatic N) is 2. The summed E-state index contributed by atoms with van der Waals surface area (Å²) in [7, 11) is 0. The molecule has 2 heterocycles. The molecule has 2 unspecified atom stereocenters. The van der Waals surface area contributed by atoms with E-state index < -0.39 is 0 Å². The lowest BCUT2D eigenvalue weighted by Gasteiger charge is -2.21. The number of rotatable bonds is 2. The molecular weight excluding hydrogens is 353 g/mol. The van der Waals surface area contributed by atoms with Gasteiger partial charge in [-0.2, -0.15) is 0 Å². The second-order valence-electron chi connectivity index (χ2n) is 4.54. The maximum absolute atomic E-state index is 12.3. The fourth-order valence-electron chi connectivity index (χ4n) is 2.29. The van der Waals surface area contributed by atoms with Crippen molar-refractivity contribution in [1.29, 1.82) is 0 Å². The molecule has 7 heteroatoms. The number of aromatic nitrogens is 1. The van der Waals surface area contributed by atoms with E-state index >= 15 is 0 Å². The predicted octanol–water partition coefficient (Wildman–Crippen LogP) is 2.50. The summed E-state index contributed by atoms with van der Waals surface area (Å²) in [6, 6.07) is 2.06. The first-order valence-corrected chi connectivity index (χ1v) is 6.52. The van der Waals surface area contributed by atoms with Gasteiger partial charge in [0.25, 0.3) is 5.91 Å². The van der Waals surface area contributed by atoms with Crippen LogP contribution >= 0.6 is 40.7 Å². The number of nitrogens with two attached hydrogens (primary N) is 1. The zero-order valence-electron chi connectivity index (χ0n) is 10.6. The van der Waals surface area contributed by atoms with Crippen LogP contribution in [-0.2, 0) is 0 Å². The highest BCUT2D eigenvalue weighted by Crippen LogP contribution is 2.24. The Morgan fingerprint density at radius 2 is 2.21 bits per heavy atom. The van der Waals surface area contributed by atoms with Gasteiger partial charge in [-0.15, -0.1) is 24.8 Å². The SMILES string of the molecule is CC1CC(CN)CN1C(=O)c1cncc(Br)c1.Cl.Cl. The van der Waals surface area contributed by atoms with Crippen LogP contribution < -0.4 is 5.73 Å². The zero-order chi connectivity index (χ0) is 12.4. The van der Waals surface area contributed by atoms with Crippen LogP contribution in [0.5, 0.6) is 0 Å². The van der Waals surface area contributed by atoms with Crippen LogP contribution in [0.1, 0.15) is 23.7 Å². The fraction of sp³-hybridized carbons (Fsp3) is 0.500. The molecule has 0 aromatic carbocycles. The molecule has 0 spiro atoms. The normalized spacial score (nSPS) is 21.5. The maximum Gasteiger partial charge on any atom is 0.255 e. The smallest absolute Gasteiger partial charge is 0.255 e. The minimum Gasteiger partial charge on any atom is -0.336 e. The van der Waals surface area contributed by atoms with Gasteiger partial charge < -0.3 is 10.6 Å². The molecule has 0 radical (unpaired) electrons. The Morgan fingerprint density at radius 3 is 2.74 bits per heavy atom. The summed E-state index contributed by atoms with van der Waals surface area (Å²) < 4.78 is 0.825. The minimum absolute atomic E-state index is 0. The van der Waals surface area contributed by atoms with Crippen molar-refractivity contribution < 1.29 is 4.79 Å². The zero-order valence-corrected chi connectivity index (χ0v) is 13.8.